The first kappa shape index (κ1) is 13.9. The van der Waals surface area contributed by atoms with Crippen LogP contribution < -0.4 is 4.74 Å². The Balaban J connectivity index is 1.87. The van der Waals surface area contributed by atoms with Crippen molar-refractivity contribution in [1.29, 1.82) is 0 Å². The van der Waals surface area contributed by atoms with Gasteiger partial charge in [0.25, 0.3) is 5.91 Å². The van der Waals surface area contributed by atoms with Crippen LogP contribution in [0.25, 0.3) is 0 Å². The van der Waals surface area contributed by atoms with Crippen LogP contribution in [-0.4, -0.2) is 30.5 Å². The maximum Gasteiger partial charge on any atom is 0.260 e. The number of nitrogens with zero attached hydrogens (tertiary/aromatic N) is 1. The molecule has 0 aromatic heterocycles. The molecule has 1 aromatic carbocycles. The molecule has 1 heterocycles. The number of rotatable bonds is 3. The highest BCUT2D eigenvalue weighted by atomic mass is 16.5. The minimum atomic E-state index is 0.102. The van der Waals surface area contributed by atoms with Gasteiger partial charge >= 0.3 is 0 Å². The maximum absolute atomic E-state index is 12.1. The molecule has 0 spiro atoms. The Hall–Kier alpha value is -1.51. The second-order valence-electron chi connectivity index (χ2n) is 5.62. The number of hydrogen-bond acceptors (Lipinski definition) is 2. The van der Waals surface area contributed by atoms with Crippen molar-refractivity contribution in [1.82, 2.24) is 4.90 Å². The summed E-state index contributed by atoms with van der Waals surface area (Å²) in [6.07, 6.45) is 2.33. The zero-order valence-corrected chi connectivity index (χ0v) is 12.1. The zero-order chi connectivity index (χ0) is 13.8. The van der Waals surface area contributed by atoms with Gasteiger partial charge in [-0.2, -0.15) is 0 Å². The van der Waals surface area contributed by atoms with Gasteiger partial charge in [0.2, 0.25) is 0 Å². The third-order valence-corrected chi connectivity index (χ3v) is 3.85. The number of benzene rings is 1. The molecule has 1 unspecified atom stereocenters. The fourth-order valence-corrected chi connectivity index (χ4v) is 2.46. The standard InChI is InChI=1S/C16H23NO2/c1-12-5-4-8-17(10-12)16(18)11-19-15-7-6-13(2)14(3)9-15/h6-7,9,12H,4-5,8,10-11H2,1-3H3. The van der Waals surface area contributed by atoms with Crippen molar-refractivity contribution in [3.63, 3.8) is 0 Å². The summed E-state index contributed by atoms with van der Waals surface area (Å²) in [6.45, 7) is 8.21. The molecular weight excluding hydrogens is 238 g/mol. The largest absolute Gasteiger partial charge is 0.484 e. The van der Waals surface area contributed by atoms with Crippen LogP contribution in [0, 0.1) is 19.8 Å². The van der Waals surface area contributed by atoms with Crippen LogP contribution in [0.3, 0.4) is 0 Å². The van der Waals surface area contributed by atoms with E-state index in [0.29, 0.717) is 5.92 Å². The van der Waals surface area contributed by atoms with E-state index in [9.17, 15) is 4.79 Å². The van der Waals surface area contributed by atoms with E-state index in [1.54, 1.807) is 0 Å². The summed E-state index contributed by atoms with van der Waals surface area (Å²) in [5, 5.41) is 0. The van der Waals surface area contributed by atoms with Crippen LogP contribution in [0.15, 0.2) is 18.2 Å². The smallest absolute Gasteiger partial charge is 0.260 e. The topological polar surface area (TPSA) is 29.5 Å². The Morgan fingerprint density at radius 1 is 1.37 bits per heavy atom. The SMILES string of the molecule is Cc1ccc(OCC(=O)N2CCCC(C)C2)cc1C. The van der Waals surface area contributed by atoms with Crippen molar-refractivity contribution >= 4 is 5.91 Å². The second-order valence-corrected chi connectivity index (χ2v) is 5.62. The Bertz CT molecular complexity index is 456. The van der Waals surface area contributed by atoms with E-state index in [2.05, 4.69) is 20.8 Å². The minimum Gasteiger partial charge on any atom is -0.484 e. The Labute approximate surface area is 115 Å². The lowest BCUT2D eigenvalue weighted by molar-refractivity contribution is -0.135. The summed E-state index contributed by atoms with van der Waals surface area (Å²) in [7, 11) is 0. The summed E-state index contributed by atoms with van der Waals surface area (Å²) in [6, 6.07) is 5.94. The fraction of sp³-hybridized carbons (Fsp3) is 0.562. The van der Waals surface area contributed by atoms with Crippen molar-refractivity contribution in [2.24, 2.45) is 5.92 Å². The van der Waals surface area contributed by atoms with Crippen LogP contribution in [-0.2, 0) is 4.79 Å². The Morgan fingerprint density at radius 3 is 2.84 bits per heavy atom. The number of aryl methyl sites for hydroxylation is 2. The number of carbonyl (C=O) groups excluding carboxylic acids is 1. The molecule has 1 aromatic rings. The molecule has 1 saturated heterocycles. The molecule has 0 aliphatic carbocycles. The fourth-order valence-electron chi connectivity index (χ4n) is 2.46. The van der Waals surface area contributed by atoms with Crippen molar-refractivity contribution in [2.45, 2.75) is 33.6 Å². The minimum absolute atomic E-state index is 0.102. The van der Waals surface area contributed by atoms with Gasteiger partial charge in [-0.25, -0.2) is 0 Å². The van der Waals surface area contributed by atoms with Crippen LogP contribution in [0.2, 0.25) is 0 Å². The number of amides is 1. The molecule has 2 rings (SSSR count). The van der Waals surface area contributed by atoms with Gasteiger partial charge in [0.15, 0.2) is 6.61 Å². The molecule has 19 heavy (non-hydrogen) atoms. The van der Waals surface area contributed by atoms with E-state index in [1.165, 1.54) is 17.5 Å². The molecule has 104 valence electrons. The van der Waals surface area contributed by atoms with Crippen molar-refractivity contribution in [3.8, 4) is 5.75 Å². The lowest BCUT2D eigenvalue weighted by Gasteiger charge is -2.30. The highest BCUT2D eigenvalue weighted by molar-refractivity contribution is 5.77. The normalized spacial score (nSPS) is 19.3. The number of piperidine rings is 1. The lowest BCUT2D eigenvalue weighted by Crippen LogP contribution is -2.41. The highest BCUT2D eigenvalue weighted by Crippen LogP contribution is 2.18. The predicted octanol–water partition coefficient (Wildman–Crippen LogP) is 2.94. The van der Waals surface area contributed by atoms with E-state index in [0.717, 1.165) is 25.3 Å². The van der Waals surface area contributed by atoms with Crippen molar-refractivity contribution in [3.05, 3.63) is 29.3 Å². The van der Waals surface area contributed by atoms with Gasteiger partial charge in [0.1, 0.15) is 5.75 Å². The number of carbonyl (C=O) groups is 1. The third-order valence-electron chi connectivity index (χ3n) is 3.85. The number of hydrogen-bond donors (Lipinski definition) is 0. The first-order chi connectivity index (χ1) is 9.06. The van der Waals surface area contributed by atoms with E-state index in [1.807, 2.05) is 23.1 Å². The first-order valence-corrected chi connectivity index (χ1v) is 7.04. The quantitative estimate of drug-likeness (QED) is 0.837. The predicted molar refractivity (Wildman–Crippen MR) is 76.4 cm³/mol. The molecule has 1 amide bonds. The number of likely N-dealkylation sites (tertiary alicyclic amines) is 1. The molecule has 0 N–H and O–H groups in total. The van der Waals surface area contributed by atoms with Crippen molar-refractivity contribution in [2.75, 3.05) is 19.7 Å². The van der Waals surface area contributed by atoms with Gasteiger partial charge in [0, 0.05) is 13.1 Å². The van der Waals surface area contributed by atoms with Crippen LogP contribution in [0.1, 0.15) is 30.9 Å². The van der Waals surface area contributed by atoms with Gasteiger partial charge < -0.3 is 9.64 Å². The molecule has 1 fully saturated rings. The monoisotopic (exact) mass is 261 g/mol. The summed E-state index contributed by atoms with van der Waals surface area (Å²) >= 11 is 0. The molecular formula is C16H23NO2. The summed E-state index contributed by atoms with van der Waals surface area (Å²) < 4.78 is 5.60. The zero-order valence-electron chi connectivity index (χ0n) is 12.1. The molecule has 3 heteroatoms. The molecule has 3 nitrogen and oxygen atoms in total. The average Bonchev–Trinajstić information content (AvgIpc) is 2.40. The van der Waals surface area contributed by atoms with E-state index < -0.39 is 0 Å². The molecule has 1 aliphatic rings. The van der Waals surface area contributed by atoms with Crippen LogP contribution in [0.4, 0.5) is 0 Å². The Kier molecular flexibility index (Phi) is 4.46. The molecule has 0 saturated carbocycles. The third kappa shape index (κ3) is 3.72. The van der Waals surface area contributed by atoms with Gasteiger partial charge in [-0.05, 0) is 55.9 Å². The first-order valence-electron chi connectivity index (χ1n) is 7.04. The summed E-state index contributed by atoms with van der Waals surface area (Å²) in [5.41, 5.74) is 2.43. The van der Waals surface area contributed by atoms with Crippen molar-refractivity contribution < 1.29 is 9.53 Å². The molecule has 1 aliphatic heterocycles. The van der Waals surface area contributed by atoms with Gasteiger partial charge in [0.05, 0.1) is 0 Å². The van der Waals surface area contributed by atoms with Gasteiger partial charge in [-0.1, -0.05) is 13.0 Å². The second kappa shape index (κ2) is 6.09. The van der Waals surface area contributed by atoms with E-state index in [4.69, 9.17) is 4.74 Å². The summed E-state index contributed by atoms with van der Waals surface area (Å²) in [4.78, 5) is 14.0. The van der Waals surface area contributed by atoms with Crippen LogP contribution >= 0.6 is 0 Å². The lowest BCUT2D eigenvalue weighted by atomic mass is 10.0. The van der Waals surface area contributed by atoms with Gasteiger partial charge in [-0.3, -0.25) is 4.79 Å². The number of ether oxygens (including phenoxy) is 1. The molecule has 1 atom stereocenters. The molecule has 0 bridgehead atoms. The maximum atomic E-state index is 12.1. The van der Waals surface area contributed by atoms with Gasteiger partial charge in [-0.15, -0.1) is 0 Å². The van der Waals surface area contributed by atoms with Crippen LogP contribution in [0.5, 0.6) is 5.75 Å². The average molecular weight is 261 g/mol. The Morgan fingerprint density at radius 2 is 2.16 bits per heavy atom. The van der Waals surface area contributed by atoms with E-state index >= 15 is 0 Å². The summed E-state index contributed by atoms with van der Waals surface area (Å²) in [5.74, 6) is 1.49. The highest BCUT2D eigenvalue weighted by Gasteiger charge is 2.21. The van der Waals surface area contributed by atoms with E-state index in [-0.39, 0.29) is 12.5 Å². The molecule has 0 radical (unpaired) electrons.